The first kappa shape index (κ1) is 13.1. The average molecular weight is 248 g/mol. The Hall–Kier alpha value is -1.32. The Bertz CT molecular complexity index is 405. The molecule has 1 heterocycles. The van der Waals surface area contributed by atoms with Crippen LogP contribution in [0, 0.1) is 12.8 Å². The first-order chi connectivity index (χ1) is 8.60. The predicted octanol–water partition coefficient (Wildman–Crippen LogP) is 2.84. The van der Waals surface area contributed by atoms with Crippen LogP contribution < -0.4 is 10.2 Å². The van der Waals surface area contributed by atoms with Crippen molar-refractivity contribution < 1.29 is 0 Å². The monoisotopic (exact) mass is 248 g/mol. The molecule has 4 heteroatoms. The number of hydrogen-bond acceptors (Lipinski definition) is 4. The van der Waals surface area contributed by atoms with Gasteiger partial charge in [-0.05, 0) is 25.7 Å². The molecule has 0 aromatic carbocycles. The Morgan fingerprint density at radius 3 is 2.78 bits per heavy atom. The molecule has 2 rings (SSSR count). The van der Waals surface area contributed by atoms with Crippen molar-refractivity contribution in [3.8, 4) is 0 Å². The van der Waals surface area contributed by atoms with Gasteiger partial charge in [-0.15, -0.1) is 0 Å². The largest absolute Gasteiger partial charge is 0.357 e. The maximum absolute atomic E-state index is 4.56. The summed E-state index contributed by atoms with van der Waals surface area (Å²) in [5, 5.41) is 3.03. The van der Waals surface area contributed by atoms with Gasteiger partial charge in [0.05, 0.1) is 0 Å². The van der Waals surface area contributed by atoms with E-state index in [1.165, 1.54) is 25.7 Å². The highest BCUT2D eigenvalue weighted by Crippen LogP contribution is 2.29. The van der Waals surface area contributed by atoms with E-state index in [1.54, 1.807) is 0 Å². The molecule has 2 atom stereocenters. The summed E-state index contributed by atoms with van der Waals surface area (Å²) in [4.78, 5) is 11.2. The molecule has 0 amide bonds. The van der Waals surface area contributed by atoms with E-state index in [4.69, 9.17) is 0 Å². The van der Waals surface area contributed by atoms with Crippen molar-refractivity contribution in [1.82, 2.24) is 9.97 Å². The van der Waals surface area contributed by atoms with Crippen molar-refractivity contribution in [2.45, 2.75) is 45.6 Å². The zero-order chi connectivity index (χ0) is 13.1. The highest BCUT2D eigenvalue weighted by Gasteiger charge is 2.23. The lowest BCUT2D eigenvalue weighted by atomic mass is 9.86. The molecule has 4 nitrogen and oxygen atoms in total. The van der Waals surface area contributed by atoms with Gasteiger partial charge < -0.3 is 10.2 Å². The number of aromatic nitrogens is 2. The van der Waals surface area contributed by atoms with Gasteiger partial charge >= 0.3 is 0 Å². The van der Waals surface area contributed by atoms with Gasteiger partial charge in [0.25, 0.3) is 0 Å². The van der Waals surface area contributed by atoms with Crippen molar-refractivity contribution in [1.29, 1.82) is 0 Å². The summed E-state index contributed by atoms with van der Waals surface area (Å²) < 4.78 is 0. The lowest BCUT2D eigenvalue weighted by molar-refractivity contribution is 0.335. The molecule has 18 heavy (non-hydrogen) atoms. The topological polar surface area (TPSA) is 41.1 Å². The quantitative estimate of drug-likeness (QED) is 0.893. The molecule has 0 saturated heterocycles. The predicted molar refractivity (Wildman–Crippen MR) is 76.1 cm³/mol. The molecule has 0 bridgehead atoms. The normalized spacial score (nSPS) is 23.8. The fourth-order valence-corrected chi connectivity index (χ4v) is 2.79. The molecule has 1 aromatic heterocycles. The van der Waals surface area contributed by atoms with Crippen molar-refractivity contribution in [2.24, 2.45) is 5.92 Å². The van der Waals surface area contributed by atoms with Gasteiger partial charge in [-0.3, -0.25) is 0 Å². The van der Waals surface area contributed by atoms with Crippen LogP contribution in [0.15, 0.2) is 6.07 Å². The Morgan fingerprint density at radius 2 is 2.11 bits per heavy atom. The molecular formula is C14H24N4. The average Bonchev–Trinajstić information content (AvgIpc) is 2.37. The molecule has 100 valence electrons. The van der Waals surface area contributed by atoms with Crippen LogP contribution in [-0.2, 0) is 0 Å². The highest BCUT2D eigenvalue weighted by atomic mass is 15.2. The summed E-state index contributed by atoms with van der Waals surface area (Å²) in [5.74, 6) is 2.57. The van der Waals surface area contributed by atoms with Crippen LogP contribution >= 0.6 is 0 Å². The Labute approximate surface area is 110 Å². The lowest BCUT2D eigenvalue weighted by Crippen LogP contribution is -2.36. The fraction of sp³-hybridized carbons (Fsp3) is 0.714. The number of rotatable bonds is 3. The minimum Gasteiger partial charge on any atom is -0.357 e. The van der Waals surface area contributed by atoms with Gasteiger partial charge in [0, 0.05) is 31.9 Å². The molecule has 1 aromatic rings. The van der Waals surface area contributed by atoms with Crippen LogP contribution in [0.3, 0.4) is 0 Å². The molecule has 0 radical (unpaired) electrons. The Balaban J connectivity index is 2.16. The smallest absolute Gasteiger partial charge is 0.224 e. The second-order valence-electron chi connectivity index (χ2n) is 5.48. The van der Waals surface area contributed by atoms with Gasteiger partial charge in [0.2, 0.25) is 5.95 Å². The van der Waals surface area contributed by atoms with E-state index in [0.29, 0.717) is 12.0 Å². The number of hydrogen-bond donors (Lipinski definition) is 1. The lowest BCUT2D eigenvalue weighted by Gasteiger charge is -2.35. The first-order valence-corrected chi connectivity index (χ1v) is 6.86. The van der Waals surface area contributed by atoms with Gasteiger partial charge in [-0.25, -0.2) is 4.98 Å². The van der Waals surface area contributed by atoms with Crippen LogP contribution in [0.2, 0.25) is 0 Å². The van der Waals surface area contributed by atoms with Gasteiger partial charge in [0.15, 0.2) is 0 Å². The minimum absolute atomic E-state index is 0.618. The molecular weight excluding hydrogens is 224 g/mol. The van der Waals surface area contributed by atoms with Crippen LogP contribution in [-0.4, -0.2) is 30.1 Å². The maximum atomic E-state index is 4.56. The molecule has 0 aliphatic heterocycles. The van der Waals surface area contributed by atoms with E-state index in [2.05, 4.69) is 40.2 Å². The Morgan fingerprint density at radius 1 is 1.33 bits per heavy atom. The standard InChI is InChI=1S/C14H24N4/c1-10-6-5-7-12(8-10)18(4)13-9-11(2)16-14(15-3)17-13/h9-10,12H,5-8H2,1-4H3,(H,15,16,17). The third-order valence-electron chi connectivity index (χ3n) is 3.88. The van der Waals surface area contributed by atoms with Gasteiger partial charge in [0.1, 0.15) is 5.82 Å². The number of aryl methyl sites for hydroxylation is 1. The van der Waals surface area contributed by atoms with Crippen LogP contribution in [0.1, 0.15) is 38.3 Å². The molecule has 1 saturated carbocycles. The van der Waals surface area contributed by atoms with Crippen molar-refractivity contribution in [2.75, 3.05) is 24.3 Å². The molecule has 2 unspecified atom stereocenters. The van der Waals surface area contributed by atoms with E-state index in [9.17, 15) is 0 Å². The van der Waals surface area contributed by atoms with E-state index in [-0.39, 0.29) is 0 Å². The number of anilines is 2. The third-order valence-corrected chi connectivity index (χ3v) is 3.88. The molecule has 0 spiro atoms. The van der Waals surface area contributed by atoms with E-state index < -0.39 is 0 Å². The third kappa shape index (κ3) is 2.92. The van der Waals surface area contributed by atoms with Crippen LogP contribution in [0.25, 0.3) is 0 Å². The molecule has 1 N–H and O–H groups in total. The molecule has 1 aliphatic rings. The molecule has 1 aliphatic carbocycles. The van der Waals surface area contributed by atoms with Crippen molar-refractivity contribution >= 4 is 11.8 Å². The second kappa shape index (κ2) is 5.55. The summed E-state index contributed by atoms with van der Waals surface area (Å²) in [6, 6.07) is 2.69. The molecule has 1 fully saturated rings. The van der Waals surface area contributed by atoms with E-state index in [1.807, 2.05) is 14.0 Å². The minimum atomic E-state index is 0.618. The highest BCUT2D eigenvalue weighted by molar-refractivity contribution is 5.44. The number of nitrogens with zero attached hydrogens (tertiary/aromatic N) is 3. The van der Waals surface area contributed by atoms with Crippen molar-refractivity contribution in [3.63, 3.8) is 0 Å². The number of nitrogens with one attached hydrogen (secondary N) is 1. The van der Waals surface area contributed by atoms with E-state index >= 15 is 0 Å². The van der Waals surface area contributed by atoms with Crippen LogP contribution in [0.4, 0.5) is 11.8 Å². The first-order valence-electron chi connectivity index (χ1n) is 6.86. The summed E-state index contributed by atoms with van der Waals surface area (Å²) in [6.07, 6.45) is 5.25. The van der Waals surface area contributed by atoms with Gasteiger partial charge in [-0.1, -0.05) is 19.8 Å². The summed E-state index contributed by atoms with van der Waals surface area (Å²) >= 11 is 0. The fourth-order valence-electron chi connectivity index (χ4n) is 2.79. The summed E-state index contributed by atoms with van der Waals surface area (Å²) in [6.45, 7) is 4.37. The zero-order valence-corrected chi connectivity index (χ0v) is 11.9. The zero-order valence-electron chi connectivity index (χ0n) is 11.9. The van der Waals surface area contributed by atoms with Gasteiger partial charge in [-0.2, -0.15) is 4.98 Å². The maximum Gasteiger partial charge on any atom is 0.224 e. The summed E-state index contributed by atoms with van der Waals surface area (Å²) in [7, 11) is 4.02. The summed E-state index contributed by atoms with van der Waals surface area (Å²) in [5.41, 5.74) is 1.01. The van der Waals surface area contributed by atoms with E-state index in [0.717, 1.165) is 17.4 Å². The van der Waals surface area contributed by atoms with Crippen LogP contribution in [0.5, 0.6) is 0 Å². The second-order valence-corrected chi connectivity index (χ2v) is 5.48. The SMILES string of the molecule is CNc1nc(C)cc(N(C)C2CCCC(C)C2)n1. The van der Waals surface area contributed by atoms with Crippen molar-refractivity contribution in [3.05, 3.63) is 11.8 Å². The Kier molecular flexibility index (Phi) is 4.04.